The Bertz CT molecular complexity index is 782. The molecule has 0 saturated heterocycles. The normalized spacial score (nSPS) is 10.6. The summed E-state index contributed by atoms with van der Waals surface area (Å²) < 4.78 is 4.15. The monoisotopic (exact) mass is 290 g/mol. The van der Waals surface area contributed by atoms with Crippen LogP contribution < -0.4 is 16.6 Å². The third kappa shape index (κ3) is 3.13. The lowest BCUT2D eigenvalue weighted by atomic mass is 10.4. The number of nitrogens with zero attached hydrogens (tertiary/aromatic N) is 3. The Morgan fingerprint density at radius 3 is 2.48 bits per heavy atom. The van der Waals surface area contributed by atoms with Gasteiger partial charge in [0.25, 0.3) is 5.56 Å². The summed E-state index contributed by atoms with van der Waals surface area (Å²) in [5.41, 5.74) is 1.19. The van der Waals surface area contributed by atoms with Gasteiger partial charge in [0.05, 0.1) is 6.54 Å². The van der Waals surface area contributed by atoms with Crippen LogP contribution in [0, 0.1) is 6.92 Å². The molecule has 0 radical (unpaired) electrons. The van der Waals surface area contributed by atoms with Gasteiger partial charge in [-0.3, -0.25) is 18.7 Å². The number of aromatic nitrogens is 3. The molecule has 0 fully saturated rings. The van der Waals surface area contributed by atoms with Crippen molar-refractivity contribution in [3.63, 3.8) is 0 Å². The van der Waals surface area contributed by atoms with E-state index in [1.165, 1.54) is 23.9 Å². The molecule has 0 aliphatic heterocycles. The van der Waals surface area contributed by atoms with Gasteiger partial charge in [-0.1, -0.05) is 0 Å². The van der Waals surface area contributed by atoms with Crippen LogP contribution in [-0.4, -0.2) is 19.6 Å². The van der Waals surface area contributed by atoms with Crippen LogP contribution in [0.4, 0.5) is 0 Å². The van der Waals surface area contributed by atoms with E-state index in [2.05, 4.69) is 5.32 Å². The summed E-state index contributed by atoms with van der Waals surface area (Å²) in [4.78, 5) is 35.0. The van der Waals surface area contributed by atoms with E-state index >= 15 is 0 Å². The molecule has 21 heavy (non-hydrogen) atoms. The van der Waals surface area contributed by atoms with Gasteiger partial charge in [0.15, 0.2) is 0 Å². The molecule has 1 N–H and O–H groups in total. The Balaban J connectivity index is 2.03. The van der Waals surface area contributed by atoms with Crippen LogP contribution in [-0.2, 0) is 32.0 Å². The maximum Gasteiger partial charge on any atom is 0.331 e. The van der Waals surface area contributed by atoms with E-state index < -0.39 is 11.2 Å². The summed E-state index contributed by atoms with van der Waals surface area (Å²) in [6, 6.07) is 5.17. The molecule has 2 aromatic heterocycles. The highest BCUT2D eigenvalue weighted by Crippen LogP contribution is 2.04. The highest BCUT2D eigenvalue weighted by molar-refractivity contribution is 5.75. The first-order chi connectivity index (χ1) is 9.90. The smallest absolute Gasteiger partial charge is 0.331 e. The van der Waals surface area contributed by atoms with Crippen molar-refractivity contribution in [2.45, 2.75) is 20.0 Å². The molecule has 2 rings (SSSR count). The van der Waals surface area contributed by atoms with Crippen molar-refractivity contribution in [3.05, 3.63) is 56.6 Å². The minimum absolute atomic E-state index is 0.115. The number of carbonyl (C=O) groups is 1. The van der Waals surface area contributed by atoms with Crippen molar-refractivity contribution in [2.24, 2.45) is 14.1 Å². The first-order valence-corrected chi connectivity index (χ1v) is 6.54. The molecule has 2 heterocycles. The predicted molar refractivity (Wildman–Crippen MR) is 77.9 cm³/mol. The summed E-state index contributed by atoms with van der Waals surface area (Å²) >= 11 is 0. The number of hydrogen-bond acceptors (Lipinski definition) is 3. The van der Waals surface area contributed by atoms with Crippen molar-refractivity contribution in [3.8, 4) is 0 Å². The quantitative estimate of drug-likeness (QED) is 0.825. The van der Waals surface area contributed by atoms with Gasteiger partial charge in [0.2, 0.25) is 5.91 Å². The maximum absolute atomic E-state index is 11.9. The van der Waals surface area contributed by atoms with Gasteiger partial charge in [-0.25, -0.2) is 4.79 Å². The zero-order valence-corrected chi connectivity index (χ0v) is 12.3. The zero-order valence-electron chi connectivity index (χ0n) is 12.3. The van der Waals surface area contributed by atoms with Crippen molar-refractivity contribution in [1.29, 1.82) is 0 Å². The summed E-state index contributed by atoms with van der Waals surface area (Å²) in [5, 5.41) is 2.76. The number of rotatable bonds is 4. The summed E-state index contributed by atoms with van der Waals surface area (Å²) in [6.07, 6.45) is 1.33. The second-order valence-electron chi connectivity index (χ2n) is 4.93. The Kier molecular flexibility index (Phi) is 4.11. The fourth-order valence-electron chi connectivity index (χ4n) is 1.98. The largest absolute Gasteiger partial charge is 0.350 e. The summed E-state index contributed by atoms with van der Waals surface area (Å²) in [7, 11) is 3.31. The highest BCUT2D eigenvalue weighted by atomic mass is 16.2. The minimum Gasteiger partial charge on any atom is -0.350 e. The average molecular weight is 290 g/mol. The molecule has 0 atom stereocenters. The number of amides is 1. The van der Waals surface area contributed by atoms with Crippen LogP contribution in [0.5, 0.6) is 0 Å². The molecule has 0 aliphatic carbocycles. The number of nitrogens with one attached hydrogen (secondary N) is 1. The molecule has 1 amide bonds. The van der Waals surface area contributed by atoms with Crippen LogP contribution >= 0.6 is 0 Å². The second kappa shape index (κ2) is 5.82. The van der Waals surface area contributed by atoms with Crippen LogP contribution in [0.15, 0.2) is 34.0 Å². The predicted octanol–water partition coefficient (Wildman–Crippen LogP) is -0.490. The molecule has 0 saturated carbocycles. The van der Waals surface area contributed by atoms with Crippen LogP contribution in [0.1, 0.15) is 11.4 Å². The molecule has 112 valence electrons. The van der Waals surface area contributed by atoms with Gasteiger partial charge < -0.3 is 9.88 Å². The van der Waals surface area contributed by atoms with Gasteiger partial charge in [0.1, 0.15) is 6.54 Å². The van der Waals surface area contributed by atoms with Crippen molar-refractivity contribution in [2.75, 3.05) is 0 Å². The first-order valence-electron chi connectivity index (χ1n) is 6.54. The molecule has 0 spiro atoms. The lowest BCUT2D eigenvalue weighted by Gasteiger charge is -2.09. The third-order valence-corrected chi connectivity index (χ3v) is 3.52. The molecule has 7 nitrogen and oxygen atoms in total. The van der Waals surface area contributed by atoms with E-state index in [0.717, 1.165) is 16.0 Å². The number of carbonyl (C=O) groups excluding carboxylic acids is 1. The van der Waals surface area contributed by atoms with Crippen LogP contribution in [0.3, 0.4) is 0 Å². The molecule has 0 bridgehead atoms. The number of hydrogen-bond donors (Lipinski definition) is 1. The Morgan fingerprint density at radius 1 is 1.14 bits per heavy atom. The minimum atomic E-state index is -0.507. The highest BCUT2D eigenvalue weighted by Gasteiger charge is 2.08. The van der Waals surface area contributed by atoms with Gasteiger partial charge in [-0.2, -0.15) is 0 Å². The van der Waals surface area contributed by atoms with Crippen LogP contribution in [0.25, 0.3) is 0 Å². The summed E-state index contributed by atoms with van der Waals surface area (Å²) in [5.74, 6) is -0.283. The molecule has 0 aromatic carbocycles. The molecule has 0 aliphatic rings. The van der Waals surface area contributed by atoms with Crippen molar-refractivity contribution >= 4 is 5.91 Å². The third-order valence-electron chi connectivity index (χ3n) is 3.52. The van der Waals surface area contributed by atoms with E-state index in [1.54, 1.807) is 0 Å². The van der Waals surface area contributed by atoms with Crippen LogP contribution in [0.2, 0.25) is 0 Å². The van der Waals surface area contributed by atoms with E-state index in [0.29, 0.717) is 6.54 Å². The van der Waals surface area contributed by atoms with E-state index in [-0.39, 0.29) is 12.5 Å². The molecular weight excluding hydrogens is 272 g/mol. The lowest BCUT2D eigenvalue weighted by molar-refractivity contribution is -0.121. The zero-order chi connectivity index (χ0) is 15.6. The van der Waals surface area contributed by atoms with Gasteiger partial charge in [0, 0.05) is 37.7 Å². The Morgan fingerprint density at radius 2 is 1.86 bits per heavy atom. The first kappa shape index (κ1) is 14.8. The fraction of sp³-hybridized carbons (Fsp3) is 0.357. The Hall–Kier alpha value is -2.57. The molecule has 7 heteroatoms. The molecular formula is C14H18N4O3. The van der Waals surface area contributed by atoms with Gasteiger partial charge in [-0.15, -0.1) is 0 Å². The van der Waals surface area contributed by atoms with Gasteiger partial charge in [-0.05, 0) is 19.1 Å². The van der Waals surface area contributed by atoms with E-state index in [4.69, 9.17) is 0 Å². The fourth-order valence-corrected chi connectivity index (χ4v) is 1.98. The molecule has 2 aromatic rings. The lowest BCUT2D eigenvalue weighted by Crippen LogP contribution is -2.40. The molecule has 0 unspecified atom stereocenters. The topological polar surface area (TPSA) is 78.0 Å². The number of aryl methyl sites for hydroxylation is 1. The average Bonchev–Trinajstić information content (AvgIpc) is 2.77. The summed E-state index contributed by atoms with van der Waals surface area (Å²) in [6.45, 7) is 2.26. The second-order valence-corrected chi connectivity index (χ2v) is 4.93. The van der Waals surface area contributed by atoms with Gasteiger partial charge >= 0.3 is 5.69 Å². The van der Waals surface area contributed by atoms with E-state index in [1.807, 2.05) is 30.7 Å². The van der Waals surface area contributed by atoms with E-state index in [9.17, 15) is 14.4 Å². The maximum atomic E-state index is 11.9. The standard InChI is InChI=1S/C14H18N4O3/c1-10-4-5-11(16(10)2)8-15-12(19)9-18-7-6-13(20)17(3)14(18)21/h4-7H,8-9H2,1-3H3,(H,15,19). The van der Waals surface area contributed by atoms with Crippen molar-refractivity contribution in [1.82, 2.24) is 19.0 Å². The Labute approximate surface area is 121 Å². The SMILES string of the molecule is Cc1ccc(CNC(=O)Cn2ccc(=O)n(C)c2=O)n1C. The van der Waals surface area contributed by atoms with Crippen molar-refractivity contribution < 1.29 is 4.79 Å².